The van der Waals surface area contributed by atoms with Crippen LogP contribution in [0.2, 0.25) is 0 Å². The average Bonchev–Trinajstić information content (AvgIpc) is 2.54. The van der Waals surface area contributed by atoms with Gasteiger partial charge in [0.25, 0.3) is 5.56 Å². The lowest BCUT2D eigenvalue weighted by Crippen LogP contribution is -2.12. The monoisotopic (exact) mass is 315 g/mol. The van der Waals surface area contributed by atoms with Crippen molar-refractivity contribution in [1.29, 1.82) is 0 Å². The first kappa shape index (κ1) is 17.2. The van der Waals surface area contributed by atoms with Crippen molar-refractivity contribution >= 4 is 0 Å². The van der Waals surface area contributed by atoms with E-state index in [-0.39, 0.29) is 5.75 Å². The first-order valence-corrected chi connectivity index (χ1v) is 8.38. The van der Waals surface area contributed by atoms with Crippen LogP contribution in [0.4, 0.5) is 0 Å². The fourth-order valence-electron chi connectivity index (χ4n) is 2.56. The Morgan fingerprint density at radius 2 is 1.83 bits per heavy atom. The molecule has 2 N–H and O–H groups in total. The van der Waals surface area contributed by atoms with Crippen molar-refractivity contribution in [3.05, 3.63) is 39.9 Å². The molecule has 0 atom stereocenters. The van der Waals surface area contributed by atoms with Crippen LogP contribution in [0.15, 0.2) is 23.0 Å². The van der Waals surface area contributed by atoms with E-state index < -0.39 is 5.56 Å². The number of nitrogens with one attached hydrogen (secondary N) is 1. The minimum absolute atomic E-state index is 0.269. The van der Waals surface area contributed by atoms with Gasteiger partial charge < -0.3 is 10.1 Å². The molecule has 0 fully saturated rings. The number of unbranched alkanes of at least 4 members (excludes halogenated alkanes) is 5. The molecule has 2 rings (SSSR count). The smallest absolute Gasteiger partial charge is 0.293 e. The van der Waals surface area contributed by atoms with Gasteiger partial charge in [-0.3, -0.25) is 4.79 Å². The number of aromatic amines is 1. The van der Waals surface area contributed by atoms with Gasteiger partial charge in [0.1, 0.15) is 5.69 Å². The average molecular weight is 315 g/mol. The third-order valence-corrected chi connectivity index (χ3v) is 3.87. The van der Waals surface area contributed by atoms with Crippen molar-refractivity contribution in [2.45, 2.75) is 58.8 Å². The molecule has 0 saturated heterocycles. The zero-order valence-electron chi connectivity index (χ0n) is 13.9. The van der Waals surface area contributed by atoms with Crippen LogP contribution in [0.3, 0.4) is 0 Å². The van der Waals surface area contributed by atoms with Crippen molar-refractivity contribution in [2.24, 2.45) is 0 Å². The standard InChI is InChI=1S/C18H25N3O2/c1-3-4-5-6-7-8-11-14-16(22)18(23)21-17(20-14)15-12-9-10-13(2)19-15/h9-10,12,22H,3-8,11H2,1-2H3,(H,20,21,23). The first-order valence-electron chi connectivity index (χ1n) is 8.38. The lowest BCUT2D eigenvalue weighted by atomic mass is 10.1. The summed E-state index contributed by atoms with van der Waals surface area (Å²) < 4.78 is 0. The molecule has 2 aromatic rings. The third-order valence-electron chi connectivity index (χ3n) is 3.87. The Bertz CT molecular complexity index is 695. The Labute approximate surface area is 136 Å². The summed E-state index contributed by atoms with van der Waals surface area (Å²) in [5.41, 5.74) is 1.43. The molecule has 0 aromatic carbocycles. The van der Waals surface area contributed by atoms with Gasteiger partial charge in [-0.1, -0.05) is 45.1 Å². The molecule has 0 unspecified atom stereocenters. The van der Waals surface area contributed by atoms with Crippen LogP contribution >= 0.6 is 0 Å². The van der Waals surface area contributed by atoms with Crippen LogP contribution in [0.5, 0.6) is 5.75 Å². The van der Waals surface area contributed by atoms with Crippen LogP contribution in [0, 0.1) is 6.92 Å². The summed E-state index contributed by atoms with van der Waals surface area (Å²) in [7, 11) is 0. The first-order chi connectivity index (χ1) is 11.1. The van der Waals surface area contributed by atoms with E-state index in [4.69, 9.17) is 0 Å². The number of hydrogen-bond acceptors (Lipinski definition) is 4. The number of aromatic nitrogens is 3. The maximum Gasteiger partial charge on any atom is 0.293 e. The zero-order valence-corrected chi connectivity index (χ0v) is 13.9. The third kappa shape index (κ3) is 4.91. The van der Waals surface area contributed by atoms with Crippen LogP contribution in [0.25, 0.3) is 11.5 Å². The molecule has 0 aliphatic carbocycles. The normalized spacial score (nSPS) is 10.9. The summed E-state index contributed by atoms with van der Waals surface area (Å²) in [6.45, 7) is 4.08. The second-order valence-electron chi connectivity index (χ2n) is 5.89. The second kappa shape index (κ2) is 8.46. The van der Waals surface area contributed by atoms with Gasteiger partial charge in [-0.25, -0.2) is 9.97 Å². The van der Waals surface area contributed by atoms with Crippen molar-refractivity contribution in [1.82, 2.24) is 15.0 Å². The molecule has 0 amide bonds. The Morgan fingerprint density at radius 1 is 1.09 bits per heavy atom. The van der Waals surface area contributed by atoms with Gasteiger partial charge in [-0.2, -0.15) is 0 Å². The highest BCUT2D eigenvalue weighted by Gasteiger charge is 2.12. The number of aromatic hydroxyl groups is 1. The van der Waals surface area contributed by atoms with Crippen molar-refractivity contribution in [3.63, 3.8) is 0 Å². The summed E-state index contributed by atoms with van der Waals surface area (Å²) >= 11 is 0. The molecule has 2 aromatic heterocycles. The molecule has 0 spiro atoms. The van der Waals surface area contributed by atoms with Crippen LogP contribution in [0.1, 0.15) is 56.8 Å². The zero-order chi connectivity index (χ0) is 16.7. The number of hydrogen-bond donors (Lipinski definition) is 2. The minimum Gasteiger partial charge on any atom is -0.502 e. The minimum atomic E-state index is -0.501. The summed E-state index contributed by atoms with van der Waals surface area (Å²) in [5, 5.41) is 9.94. The molecule has 0 aliphatic rings. The molecule has 0 aliphatic heterocycles. The predicted octanol–water partition coefficient (Wildman–Crippen LogP) is 3.75. The quantitative estimate of drug-likeness (QED) is 0.727. The Morgan fingerprint density at radius 3 is 2.57 bits per heavy atom. The van der Waals surface area contributed by atoms with E-state index in [2.05, 4.69) is 21.9 Å². The van der Waals surface area contributed by atoms with Crippen molar-refractivity contribution in [3.8, 4) is 17.3 Å². The Balaban J connectivity index is 2.09. The maximum atomic E-state index is 11.9. The Hall–Kier alpha value is -2.17. The molecular formula is C18H25N3O2. The van der Waals surface area contributed by atoms with Gasteiger partial charge in [-0.15, -0.1) is 0 Å². The number of nitrogens with zero attached hydrogens (tertiary/aromatic N) is 2. The fraction of sp³-hybridized carbons (Fsp3) is 0.500. The predicted molar refractivity (Wildman–Crippen MR) is 91.6 cm³/mol. The lowest BCUT2D eigenvalue weighted by Gasteiger charge is -2.07. The molecule has 124 valence electrons. The SMILES string of the molecule is CCCCCCCCc1nc(-c2cccc(C)n2)[nH]c(=O)c1O. The van der Waals surface area contributed by atoms with Crippen LogP contribution in [-0.4, -0.2) is 20.1 Å². The molecule has 0 saturated carbocycles. The molecule has 0 radical (unpaired) electrons. The second-order valence-corrected chi connectivity index (χ2v) is 5.89. The maximum absolute atomic E-state index is 11.9. The van der Waals surface area contributed by atoms with Gasteiger partial charge in [0.05, 0.1) is 5.69 Å². The highest BCUT2D eigenvalue weighted by molar-refractivity contribution is 5.50. The topological polar surface area (TPSA) is 78.9 Å². The number of H-pyrrole nitrogens is 1. The molecule has 2 heterocycles. The summed E-state index contributed by atoms with van der Waals surface area (Å²) in [6, 6.07) is 5.56. The number of rotatable bonds is 8. The van der Waals surface area contributed by atoms with E-state index in [0.717, 1.165) is 18.5 Å². The number of pyridine rings is 1. The van der Waals surface area contributed by atoms with E-state index in [0.29, 0.717) is 23.6 Å². The summed E-state index contributed by atoms with van der Waals surface area (Å²) in [4.78, 5) is 23.3. The highest BCUT2D eigenvalue weighted by atomic mass is 16.3. The van der Waals surface area contributed by atoms with Crippen molar-refractivity contribution in [2.75, 3.05) is 0 Å². The largest absolute Gasteiger partial charge is 0.502 e. The van der Waals surface area contributed by atoms with Crippen molar-refractivity contribution < 1.29 is 5.11 Å². The summed E-state index contributed by atoms with van der Waals surface area (Å²) in [5.74, 6) is 0.146. The molecule has 0 bridgehead atoms. The van der Waals surface area contributed by atoms with E-state index >= 15 is 0 Å². The van der Waals surface area contributed by atoms with Gasteiger partial charge in [0.2, 0.25) is 5.75 Å². The highest BCUT2D eigenvalue weighted by Crippen LogP contribution is 2.18. The Kier molecular flexibility index (Phi) is 6.32. The molecular weight excluding hydrogens is 290 g/mol. The van der Waals surface area contributed by atoms with E-state index in [1.54, 1.807) is 6.07 Å². The molecule has 23 heavy (non-hydrogen) atoms. The van der Waals surface area contributed by atoms with Gasteiger partial charge >= 0.3 is 0 Å². The lowest BCUT2D eigenvalue weighted by molar-refractivity contribution is 0.452. The number of aryl methyl sites for hydroxylation is 2. The van der Waals surface area contributed by atoms with Crippen LogP contribution in [-0.2, 0) is 6.42 Å². The van der Waals surface area contributed by atoms with Crippen LogP contribution < -0.4 is 5.56 Å². The van der Waals surface area contributed by atoms with Gasteiger partial charge in [0, 0.05) is 5.69 Å². The molecule has 5 nitrogen and oxygen atoms in total. The summed E-state index contributed by atoms with van der Waals surface area (Å²) in [6.07, 6.45) is 7.54. The fourth-order valence-corrected chi connectivity index (χ4v) is 2.56. The van der Waals surface area contributed by atoms with Gasteiger partial charge in [0.15, 0.2) is 5.82 Å². The van der Waals surface area contributed by atoms with E-state index in [1.165, 1.54) is 25.7 Å². The van der Waals surface area contributed by atoms with E-state index in [9.17, 15) is 9.90 Å². The van der Waals surface area contributed by atoms with Gasteiger partial charge in [-0.05, 0) is 31.9 Å². The molecule has 5 heteroatoms. The van der Waals surface area contributed by atoms with E-state index in [1.807, 2.05) is 19.1 Å².